The van der Waals surface area contributed by atoms with Crippen LogP contribution >= 0.6 is 11.8 Å². The van der Waals surface area contributed by atoms with Crippen LogP contribution < -0.4 is 4.90 Å². The molecule has 4 heterocycles. The van der Waals surface area contributed by atoms with Crippen molar-refractivity contribution in [1.29, 1.82) is 0 Å². The minimum atomic E-state index is -0.831. The molecule has 1 N–H and O–H groups in total. The molecule has 2 fully saturated rings. The molecule has 7 nitrogen and oxygen atoms in total. The van der Waals surface area contributed by atoms with Gasteiger partial charge in [-0.05, 0) is 29.3 Å². The van der Waals surface area contributed by atoms with Crippen LogP contribution in [0.3, 0.4) is 0 Å². The van der Waals surface area contributed by atoms with Crippen molar-refractivity contribution in [2.75, 3.05) is 38.2 Å². The summed E-state index contributed by atoms with van der Waals surface area (Å²) in [5, 5.41) is 11.5. The van der Waals surface area contributed by atoms with Gasteiger partial charge in [-0.15, -0.1) is 11.8 Å². The van der Waals surface area contributed by atoms with Crippen molar-refractivity contribution in [2.45, 2.75) is 22.5 Å². The van der Waals surface area contributed by atoms with Gasteiger partial charge in [0.2, 0.25) is 11.8 Å². The number of likely N-dealkylation sites (tertiary alicyclic amines) is 1. The van der Waals surface area contributed by atoms with Gasteiger partial charge in [0.05, 0.1) is 16.6 Å². The number of hydrogen-bond acceptors (Lipinski definition) is 5. The maximum absolute atomic E-state index is 14.3. The quantitative estimate of drug-likeness (QED) is 0.649. The monoisotopic (exact) mass is 503 g/mol. The molecule has 1 unspecified atom stereocenters. The van der Waals surface area contributed by atoms with Crippen LogP contribution in [0.1, 0.15) is 6.42 Å². The summed E-state index contributed by atoms with van der Waals surface area (Å²) in [6, 6.07) is 13.3. The number of carbonyl (C=O) groups excluding carboxylic acids is 3. The molecule has 0 bridgehead atoms. The minimum absolute atomic E-state index is 0.0491. The van der Waals surface area contributed by atoms with Gasteiger partial charge < -0.3 is 19.8 Å². The SMILES string of the molecule is CN1CC=C[C@H]2S[C@]34C=CCN(c5ccc6ccccc6c5)C(=O)C3N(CCCO)C(=O)[C@@H]4[C@H]2C1=O. The molecule has 186 valence electrons. The molecule has 0 aliphatic carbocycles. The topological polar surface area (TPSA) is 81.2 Å². The van der Waals surface area contributed by atoms with E-state index in [0.29, 0.717) is 19.5 Å². The van der Waals surface area contributed by atoms with E-state index in [2.05, 4.69) is 0 Å². The highest BCUT2D eigenvalue weighted by atomic mass is 32.2. The lowest BCUT2D eigenvalue weighted by atomic mass is 9.78. The van der Waals surface area contributed by atoms with Gasteiger partial charge >= 0.3 is 0 Å². The van der Waals surface area contributed by atoms with E-state index in [-0.39, 0.29) is 36.1 Å². The summed E-state index contributed by atoms with van der Waals surface area (Å²) >= 11 is 1.58. The van der Waals surface area contributed by atoms with E-state index < -0.39 is 22.6 Å². The first kappa shape index (κ1) is 23.3. The number of aliphatic hydroxyl groups is 1. The number of carbonyl (C=O) groups is 3. The molecule has 1 spiro atoms. The summed E-state index contributed by atoms with van der Waals surface area (Å²) < 4.78 is -0.831. The zero-order valence-corrected chi connectivity index (χ0v) is 20.9. The number of benzene rings is 2. The maximum atomic E-state index is 14.3. The Morgan fingerprint density at radius 2 is 1.81 bits per heavy atom. The fourth-order valence-corrected chi connectivity index (χ4v) is 8.33. The van der Waals surface area contributed by atoms with E-state index in [1.165, 1.54) is 0 Å². The van der Waals surface area contributed by atoms with Gasteiger partial charge in [0, 0.05) is 44.2 Å². The summed E-state index contributed by atoms with van der Waals surface area (Å²) in [6.45, 7) is 1.11. The van der Waals surface area contributed by atoms with Gasteiger partial charge in [-0.25, -0.2) is 0 Å². The second-order valence-corrected chi connectivity index (χ2v) is 11.5. The van der Waals surface area contributed by atoms with E-state index >= 15 is 0 Å². The smallest absolute Gasteiger partial charge is 0.251 e. The fraction of sp³-hybridized carbons (Fsp3) is 0.393. The van der Waals surface area contributed by atoms with Crippen molar-refractivity contribution >= 4 is 45.9 Å². The molecule has 3 amide bonds. The van der Waals surface area contributed by atoms with E-state index in [9.17, 15) is 19.5 Å². The van der Waals surface area contributed by atoms with Gasteiger partial charge in [-0.1, -0.05) is 54.6 Å². The first-order chi connectivity index (χ1) is 17.5. The third kappa shape index (κ3) is 3.34. The highest BCUT2D eigenvalue weighted by Gasteiger charge is 2.70. The van der Waals surface area contributed by atoms with Crippen molar-refractivity contribution in [3.8, 4) is 0 Å². The third-order valence-corrected chi connectivity index (χ3v) is 9.71. The normalized spacial score (nSPS) is 31.5. The zero-order chi connectivity index (χ0) is 25.0. The first-order valence-corrected chi connectivity index (χ1v) is 13.3. The standard InChI is InChI=1S/C28H29N3O4S/c1-29-13-4-9-21-22(25(29)33)23-26(34)31(15-6-16-32)24-27(35)30(14-5-12-28(23,24)36-21)20-11-10-18-7-2-3-8-19(18)17-20/h2-5,7-12,17,21-24,32H,6,13-16H2,1H3/t21-,22+,23+,24?,28+/m1/s1. The minimum Gasteiger partial charge on any atom is -0.396 e. The molecule has 0 saturated carbocycles. The molecule has 0 radical (unpaired) electrons. The Morgan fingerprint density at radius 3 is 2.61 bits per heavy atom. The highest BCUT2D eigenvalue weighted by Crippen LogP contribution is 2.61. The molecular weight excluding hydrogens is 474 g/mol. The molecular formula is C28H29N3O4S. The number of nitrogens with zero attached hydrogens (tertiary/aromatic N) is 3. The maximum Gasteiger partial charge on any atom is 0.251 e. The van der Waals surface area contributed by atoms with Gasteiger partial charge in [0.15, 0.2) is 0 Å². The van der Waals surface area contributed by atoms with Crippen LogP contribution in [0.5, 0.6) is 0 Å². The lowest BCUT2D eigenvalue weighted by molar-refractivity contribution is -0.142. The molecule has 8 heteroatoms. The molecule has 4 aliphatic heterocycles. The van der Waals surface area contributed by atoms with Crippen molar-refractivity contribution in [3.63, 3.8) is 0 Å². The molecule has 4 aliphatic rings. The Bertz CT molecular complexity index is 1310. The molecule has 36 heavy (non-hydrogen) atoms. The van der Waals surface area contributed by atoms with E-state index in [0.717, 1.165) is 16.5 Å². The molecule has 2 aromatic rings. The van der Waals surface area contributed by atoms with Gasteiger partial charge in [0.1, 0.15) is 6.04 Å². The average Bonchev–Trinajstić information content (AvgIpc) is 3.20. The predicted octanol–water partition coefficient (Wildman–Crippen LogP) is 2.45. The number of anilines is 1. The molecule has 2 aromatic carbocycles. The predicted molar refractivity (Wildman–Crippen MR) is 141 cm³/mol. The average molecular weight is 504 g/mol. The Morgan fingerprint density at radius 1 is 1.00 bits per heavy atom. The summed E-state index contributed by atoms with van der Waals surface area (Å²) in [6.07, 6.45) is 8.42. The third-order valence-electron chi connectivity index (χ3n) is 7.96. The lowest BCUT2D eigenvalue weighted by Crippen LogP contribution is -2.53. The van der Waals surface area contributed by atoms with Gasteiger partial charge in [0.25, 0.3) is 5.91 Å². The highest BCUT2D eigenvalue weighted by molar-refractivity contribution is 8.02. The number of aliphatic hydroxyl groups excluding tert-OH is 1. The molecule has 5 atom stereocenters. The van der Waals surface area contributed by atoms with E-state index in [4.69, 9.17) is 0 Å². The number of thioether (sulfide) groups is 1. The number of likely N-dealkylation sites (N-methyl/N-ethyl adjacent to an activating group) is 1. The number of fused-ring (bicyclic) bond motifs is 3. The van der Waals surface area contributed by atoms with Crippen LogP contribution in [0.2, 0.25) is 0 Å². The summed E-state index contributed by atoms with van der Waals surface area (Å²) in [5.74, 6) is -1.49. The number of hydrogen-bond donors (Lipinski definition) is 1. The van der Waals surface area contributed by atoms with Crippen molar-refractivity contribution in [3.05, 3.63) is 66.8 Å². The molecule has 0 aromatic heterocycles. The van der Waals surface area contributed by atoms with Gasteiger partial charge in [-0.2, -0.15) is 0 Å². The lowest BCUT2D eigenvalue weighted by Gasteiger charge is -2.35. The van der Waals surface area contributed by atoms with Crippen LogP contribution in [0.15, 0.2) is 66.8 Å². The fourth-order valence-electron chi connectivity index (χ4n) is 6.32. The summed E-state index contributed by atoms with van der Waals surface area (Å²) in [7, 11) is 1.76. The molecule has 6 rings (SSSR count). The van der Waals surface area contributed by atoms with Crippen molar-refractivity contribution in [2.24, 2.45) is 11.8 Å². The largest absolute Gasteiger partial charge is 0.396 e. The van der Waals surface area contributed by atoms with Crippen LogP contribution in [0, 0.1) is 11.8 Å². The number of amides is 3. The van der Waals surface area contributed by atoms with Gasteiger partial charge in [-0.3, -0.25) is 14.4 Å². The first-order valence-electron chi connectivity index (χ1n) is 12.4. The Hall–Kier alpha value is -3.10. The molecule has 2 saturated heterocycles. The second-order valence-electron chi connectivity index (χ2n) is 9.98. The van der Waals surface area contributed by atoms with Crippen molar-refractivity contribution < 1.29 is 19.5 Å². The summed E-state index contributed by atoms with van der Waals surface area (Å²) in [5.41, 5.74) is 0.784. The zero-order valence-electron chi connectivity index (χ0n) is 20.1. The van der Waals surface area contributed by atoms with Crippen LogP contribution in [0.25, 0.3) is 10.8 Å². The second kappa shape index (κ2) is 8.78. The van der Waals surface area contributed by atoms with E-state index in [1.54, 1.807) is 33.5 Å². The Kier molecular flexibility index (Phi) is 5.68. The Labute approximate surface area is 214 Å². The van der Waals surface area contributed by atoms with Crippen LogP contribution in [-0.4, -0.2) is 82.0 Å². The number of rotatable bonds is 4. The van der Waals surface area contributed by atoms with E-state index in [1.807, 2.05) is 66.8 Å². The Balaban J connectivity index is 1.45. The summed E-state index contributed by atoms with van der Waals surface area (Å²) in [4.78, 5) is 46.8. The van der Waals surface area contributed by atoms with Crippen molar-refractivity contribution in [1.82, 2.24) is 9.80 Å². The van der Waals surface area contributed by atoms with Crippen LogP contribution in [0.4, 0.5) is 5.69 Å². The van der Waals surface area contributed by atoms with Crippen LogP contribution in [-0.2, 0) is 14.4 Å².